The van der Waals surface area contributed by atoms with Gasteiger partial charge in [0.15, 0.2) is 16.8 Å². The van der Waals surface area contributed by atoms with Crippen molar-refractivity contribution in [2.75, 3.05) is 18.2 Å². The minimum Gasteiger partial charge on any atom is -0.299 e. The van der Waals surface area contributed by atoms with Crippen LogP contribution in [0.25, 0.3) is 0 Å². The largest absolute Gasteiger partial charge is 0.299 e. The van der Waals surface area contributed by atoms with Gasteiger partial charge in [0.25, 0.3) is 0 Å². The minimum atomic E-state index is -0.224. The summed E-state index contributed by atoms with van der Waals surface area (Å²) in [5.74, 6) is -0.0189. The molecule has 0 unspecified atom stereocenters. The van der Waals surface area contributed by atoms with Gasteiger partial charge in [0.1, 0.15) is 0 Å². The summed E-state index contributed by atoms with van der Waals surface area (Å²) in [6.07, 6.45) is 3.24. The Labute approximate surface area is 90.9 Å². The molecule has 1 aromatic rings. The number of ketones is 1. The second-order valence-corrected chi connectivity index (χ2v) is 3.92. The topological polar surface area (TPSA) is 63.2 Å². The third-order valence-corrected chi connectivity index (χ3v) is 2.79. The Morgan fingerprint density at radius 2 is 2.20 bits per heavy atom. The summed E-state index contributed by atoms with van der Waals surface area (Å²) in [6.45, 7) is 0. The van der Waals surface area contributed by atoms with Crippen LogP contribution in [0.3, 0.4) is 0 Å². The van der Waals surface area contributed by atoms with Crippen molar-refractivity contribution < 1.29 is 9.59 Å². The summed E-state index contributed by atoms with van der Waals surface area (Å²) in [4.78, 5) is 32.5. The van der Waals surface area contributed by atoms with Gasteiger partial charge in [-0.3, -0.25) is 14.5 Å². The molecule has 78 valence electrons. The maximum atomic E-state index is 11.5. The summed E-state index contributed by atoms with van der Waals surface area (Å²) in [5.41, 5.74) is 0.426. The molecule has 0 radical (unpaired) electrons. The highest BCUT2D eigenvalue weighted by molar-refractivity contribution is 7.98. The second kappa shape index (κ2) is 3.62. The molecule has 0 fully saturated rings. The zero-order valence-corrected chi connectivity index (χ0v) is 9.17. The number of nitrogens with zero attached hydrogens (tertiary/aromatic N) is 3. The number of aromatic nitrogens is 2. The first-order chi connectivity index (χ1) is 7.13. The minimum absolute atomic E-state index is 0.0918. The van der Waals surface area contributed by atoms with Crippen molar-refractivity contribution in [3.63, 3.8) is 0 Å². The number of thioether (sulfide) groups is 1. The fraction of sp³-hybridized carbons (Fsp3) is 0.333. The molecule has 0 atom stereocenters. The molecule has 1 amide bonds. The number of rotatable bonds is 1. The van der Waals surface area contributed by atoms with Crippen LogP contribution in [0.2, 0.25) is 0 Å². The van der Waals surface area contributed by atoms with Gasteiger partial charge >= 0.3 is 0 Å². The normalized spacial score (nSPS) is 15.5. The quantitative estimate of drug-likeness (QED) is 0.399. The molecule has 1 aliphatic heterocycles. The van der Waals surface area contributed by atoms with E-state index < -0.39 is 0 Å². The zero-order valence-electron chi connectivity index (χ0n) is 8.35. The molecule has 0 aromatic carbocycles. The van der Waals surface area contributed by atoms with Crippen LogP contribution in [0.4, 0.5) is 5.82 Å². The van der Waals surface area contributed by atoms with Crippen LogP contribution >= 0.6 is 11.8 Å². The van der Waals surface area contributed by atoms with Gasteiger partial charge in [0.05, 0.1) is 12.0 Å². The van der Waals surface area contributed by atoms with E-state index >= 15 is 0 Å². The summed E-state index contributed by atoms with van der Waals surface area (Å²) in [7, 11) is 1.62. The lowest BCUT2D eigenvalue weighted by Crippen LogP contribution is -2.35. The van der Waals surface area contributed by atoms with E-state index in [1.165, 1.54) is 22.9 Å². The van der Waals surface area contributed by atoms with E-state index in [4.69, 9.17) is 0 Å². The first-order valence-corrected chi connectivity index (χ1v) is 5.56. The van der Waals surface area contributed by atoms with E-state index in [0.717, 1.165) is 0 Å². The van der Waals surface area contributed by atoms with Crippen molar-refractivity contribution in [1.29, 1.82) is 0 Å². The van der Waals surface area contributed by atoms with Crippen LogP contribution in [0, 0.1) is 0 Å². The fourth-order valence-corrected chi connectivity index (χ4v) is 1.71. The molecule has 1 aliphatic rings. The van der Waals surface area contributed by atoms with Crippen molar-refractivity contribution in [2.45, 2.75) is 11.6 Å². The highest BCUT2D eigenvalue weighted by Crippen LogP contribution is 2.25. The Kier molecular flexibility index (Phi) is 2.44. The lowest BCUT2D eigenvalue weighted by molar-refractivity contribution is -0.117. The van der Waals surface area contributed by atoms with Gasteiger partial charge in [0, 0.05) is 13.2 Å². The molecule has 15 heavy (non-hydrogen) atoms. The van der Waals surface area contributed by atoms with E-state index in [0.29, 0.717) is 16.5 Å². The SMILES string of the molecule is CSc1ncc2c(n1)N(C)C(=O)CC2=O. The molecule has 2 heterocycles. The van der Waals surface area contributed by atoms with Crippen LogP contribution < -0.4 is 4.90 Å². The summed E-state index contributed by atoms with van der Waals surface area (Å²) >= 11 is 1.37. The zero-order chi connectivity index (χ0) is 11.0. The smallest absolute Gasteiger partial charge is 0.235 e. The number of carbonyl (C=O) groups is 2. The van der Waals surface area contributed by atoms with Crippen LogP contribution in [0.1, 0.15) is 16.8 Å². The summed E-state index contributed by atoms with van der Waals surface area (Å²) in [6, 6.07) is 0. The Morgan fingerprint density at radius 3 is 2.87 bits per heavy atom. The Hall–Kier alpha value is -1.43. The van der Waals surface area contributed by atoms with Crippen LogP contribution in [0.5, 0.6) is 0 Å². The Balaban J connectivity index is 2.56. The maximum Gasteiger partial charge on any atom is 0.235 e. The van der Waals surface area contributed by atoms with Gasteiger partial charge in [-0.15, -0.1) is 0 Å². The average molecular weight is 223 g/mol. The van der Waals surface area contributed by atoms with Gasteiger partial charge < -0.3 is 0 Å². The summed E-state index contributed by atoms with van der Waals surface area (Å²) < 4.78 is 0. The molecule has 0 saturated heterocycles. The third-order valence-electron chi connectivity index (χ3n) is 2.23. The van der Waals surface area contributed by atoms with Gasteiger partial charge in [-0.25, -0.2) is 9.97 Å². The highest BCUT2D eigenvalue weighted by Gasteiger charge is 2.29. The molecule has 0 aliphatic carbocycles. The van der Waals surface area contributed by atoms with Crippen LogP contribution in [0.15, 0.2) is 11.4 Å². The number of carbonyl (C=O) groups excluding carboxylic acids is 2. The lowest BCUT2D eigenvalue weighted by Gasteiger charge is -2.23. The first-order valence-electron chi connectivity index (χ1n) is 4.34. The van der Waals surface area contributed by atoms with Crippen molar-refractivity contribution in [3.05, 3.63) is 11.8 Å². The average Bonchev–Trinajstić information content (AvgIpc) is 2.25. The predicted molar refractivity (Wildman–Crippen MR) is 56.2 cm³/mol. The molecule has 2 rings (SSSR count). The molecule has 5 nitrogen and oxygen atoms in total. The van der Waals surface area contributed by atoms with Crippen molar-refractivity contribution in [1.82, 2.24) is 9.97 Å². The van der Waals surface area contributed by atoms with Crippen molar-refractivity contribution >= 4 is 29.3 Å². The lowest BCUT2D eigenvalue weighted by atomic mass is 10.1. The monoisotopic (exact) mass is 223 g/mol. The van der Waals surface area contributed by atoms with E-state index in [1.807, 2.05) is 6.26 Å². The van der Waals surface area contributed by atoms with Crippen LogP contribution in [-0.4, -0.2) is 35.0 Å². The summed E-state index contributed by atoms with van der Waals surface area (Å²) in [5, 5.41) is 0.558. The predicted octanol–water partition coefficient (Wildman–Crippen LogP) is 0.748. The van der Waals surface area contributed by atoms with Gasteiger partial charge in [-0.2, -0.15) is 0 Å². The standard InChI is InChI=1S/C9H9N3O2S/c1-12-7(14)3-6(13)5-4-10-9(15-2)11-8(5)12/h4H,3H2,1-2H3. The van der Waals surface area contributed by atoms with Gasteiger partial charge in [-0.1, -0.05) is 11.8 Å². The number of anilines is 1. The van der Waals surface area contributed by atoms with E-state index in [1.54, 1.807) is 7.05 Å². The van der Waals surface area contributed by atoms with Crippen LogP contribution in [-0.2, 0) is 4.79 Å². The number of fused-ring (bicyclic) bond motifs is 1. The number of hydrogen-bond acceptors (Lipinski definition) is 5. The van der Waals surface area contributed by atoms with E-state index in [2.05, 4.69) is 9.97 Å². The first kappa shape index (κ1) is 10.1. The Bertz CT molecular complexity index is 447. The molecular weight excluding hydrogens is 214 g/mol. The van der Waals surface area contributed by atoms with Crippen molar-refractivity contribution in [3.8, 4) is 0 Å². The number of hydrogen-bond donors (Lipinski definition) is 0. The van der Waals surface area contributed by atoms with Gasteiger partial charge in [-0.05, 0) is 6.26 Å². The molecule has 0 N–H and O–H groups in total. The molecular formula is C9H9N3O2S. The third kappa shape index (κ3) is 1.61. The molecule has 1 aromatic heterocycles. The van der Waals surface area contributed by atoms with Crippen molar-refractivity contribution in [2.24, 2.45) is 0 Å². The maximum absolute atomic E-state index is 11.5. The molecule has 6 heteroatoms. The molecule has 0 saturated carbocycles. The number of Topliss-reactive ketones (excluding diaryl/α,β-unsaturated/α-hetero) is 1. The fourth-order valence-electron chi connectivity index (χ4n) is 1.38. The molecule has 0 bridgehead atoms. The number of amides is 1. The second-order valence-electron chi connectivity index (χ2n) is 3.15. The Morgan fingerprint density at radius 1 is 1.47 bits per heavy atom. The van der Waals surface area contributed by atoms with E-state index in [9.17, 15) is 9.59 Å². The molecule has 0 spiro atoms. The van der Waals surface area contributed by atoms with Gasteiger partial charge in [0.2, 0.25) is 5.91 Å². The van der Waals surface area contributed by atoms with E-state index in [-0.39, 0.29) is 18.1 Å². The highest BCUT2D eigenvalue weighted by atomic mass is 32.2.